The molecule has 0 aliphatic heterocycles. The van der Waals surface area contributed by atoms with Gasteiger partial charge in [-0.3, -0.25) is 9.69 Å². The maximum absolute atomic E-state index is 12.2. The first kappa shape index (κ1) is 17.1. The Kier molecular flexibility index (Phi) is 6.14. The van der Waals surface area contributed by atoms with Crippen molar-refractivity contribution in [3.63, 3.8) is 0 Å². The van der Waals surface area contributed by atoms with Gasteiger partial charge in [-0.25, -0.2) is 0 Å². The molecule has 0 atom stereocenters. The van der Waals surface area contributed by atoms with Crippen LogP contribution in [0, 0.1) is 6.92 Å². The second-order valence-corrected chi connectivity index (χ2v) is 6.60. The summed E-state index contributed by atoms with van der Waals surface area (Å²) in [5.74, 6) is -0.105. The van der Waals surface area contributed by atoms with E-state index in [-0.39, 0.29) is 12.5 Å². The van der Waals surface area contributed by atoms with Crippen LogP contribution in [0.25, 0.3) is 0 Å². The van der Waals surface area contributed by atoms with Gasteiger partial charge < -0.3 is 5.32 Å². The zero-order chi connectivity index (χ0) is 16.1. The topological polar surface area (TPSA) is 58.1 Å². The molecule has 0 bridgehead atoms. The minimum atomic E-state index is -0.105. The molecule has 1 aromatic heterocycles. The van der Waals surface area contributed by atoms with Crippen LogP contribution < -0.4 is 5.32 Å². The molecule has 8 heteroatoms. The first-order chi connectivity index (χ1) is 10.5. The third-order valence-corrected chi connectivity index (χ3v) is 4.39. The number of likely N-dealkylation sites (N-methyl/N-ethyl adjacent to an activating group) is 1. The standard InChI is InChI=1S/C14H16Cl2N4OS/c1-3-20(7-12-14(16)22-19-18-12)8-13(21)17-11-6-10(15)5-4-9(11)2/h4-6H,3,7-8H2,1-2H3,(H,17,21). The van der Waals surface area contributed by atoms with Crippen molar-refractivity contribution in [1.82, 2.24) is 14.5 Å². The number of carbonyl (C=O) groups is 1. The average Bonchev–Trinajstić information content (AvgIpc) is 2.87. The van der Waals surface area contributed by atoms with E-state index in [0.717, 1.165) is 22.8 Å². The molecule has 5 nitrogen and oxygen atoms in total. The Morgan fingerprint density at radius 1 is 1.41 bits per heavy atom. The van der Waals surface area contributed by atoms with Crippen molar-refractivity contribution in [3.8, 4) is 0 Å². The molecule has 1 heterocycles. The number of hydrogen-bond acceptors (Lipinski definition) is 5. The molecule has 1 aromatic carbocycles. The minimum Gasteiger partial charge on any atom is -0.325 e. The zero-order valence-electron chi connectivity index (χ0n) is 12.3. The molecular weight excluding hydrogens is 343 g/mol. The van der Waals surface area contributed by atoms with Crippen LogP contribution in [-0.4, -0.2) is 33.5 Å². The molecule has 22 heavy (non-hydrogen) atoms. The lowest BCUT2D eigenvalue weighted by atomic mass is 10.2. The summed E-state index contributed by atoms with van der Waals surface area (Å²) in [6, 6.07) is 5.41. The Bertz CT molecular complexity index is 662. The Hall–Kier alpha value is -1.21. The van der Waals surface area contributed by atoms with Gasteiger partial charge in [0.2, 0.25) is 5.91 Å². The Morgan fingerprint density at radius 3 is 2.82 bits per heavy atom. The predicted molar refractivity (Wildman–Crippen MR) is 90.7 cm³/mol. The normalized spacial score (nSPS) is 11.0. The number of aryl methyl sites for hydroxylation is 1. The number of aromatic nitrogens is 2. The maximum Gasteiger partial charge on any atom is 0.238 e. The zero-order valence-corrected chi connectivity index (χ0v) is 14.6. The van der Waals surface area contributed by atoms with E-state index < -0.39 is 0 Å². The van der Waals surface area contributed by atoms with E-state index in [1.807, 2.05) is 24.8 Å². The molecule has 118 valence electrons. The van der Waals surface area contributed by atoms with Crippen molar-refractivity contribution in [1.29, 1.82) is 0 Å². The number of carbonyl (C=O) groups excluding carboxylic acids is 1. The van der Waals surface area contributed by atoms with Gasteiger partial charge in [0.1, 0.15) is 10.0 Å². The van der Waals surface area contributed by atoms with Crippen LogP contribution in [0.4, 0.5) is 5.69 Å². The van der Waals surface area contributed by atoms with Crippen LogP contribution in [0.5, 0.6) is 0 Å². The third kappa shape index (κ3) is 4.64. The SMILES string of the molecule is CCN(CC(=O)Nc1cc(Cl)ccc1C)Cc1nnsc1Cl. The summed E-state index contributed by atoms with van der Waals surface area (Å²) in [4.78, 5) is 14.1. The van der Waals surface area contributed by atoms with Gasteiger partial charge in [-0.15, -0.1) is 5.10 Å². The third-order valence-electron chi connectivity index (χ3n) is 3.17. The fourth-order valence-corrected chi connectivity index (χ4v) is 2.69. The summed E-state index contributed by atoms with van der Waals surface area (Å²) in [5, 5.41) is 7.44. The summed E-state index contributed by atoms with van der Waals surface area (Å²) in [6.45, 7) is 5.34. The number of rotatable bonds is 6. The van der Waals surface area contributed by atoms with Gasteiger partial charge in [0.05, 0.1) is 6.54 Å². The summed E-state index contributed by atoms with van der Waals surface area (Å²) >= 11 is 13.1. The summed E-state index contributed by atoms with van der Waals surface area (Å²) in [5.41, 5.74) is 2.38. The number of nitrogens with zero attached hydrogens (tertiary/aromatic N) is 3. The largest absolute Gasteiger partial charge is 0.325 e. The molecule has 0 unspecified atom stereocenters. The van der Waals surface area contributed by atoms with Crippen molar-refractivity contribution in [2.45, 2.75) is 20.4 Å². The molecule has 0 aliphatic rings. The van der Waals surface area contributed by atoms with E-state index in [2.05, 4.69) is 14.9 Å². The summed E-state index contributed by atoms with van der Waals surface area (Å²) in [6.07, 6.45) is 0. The molecule has 0 spiro atoms. The highest BCUT2D eigenvalue weighted by Crippen LogP contribution is 2.21. The first-order valence-corrected chi connectivity index (χ1v) is 8.27. The predicted octanol–water partition coefficient (Wildman–Crippen LogP) is 3.61. The number of amides is 1. The van der Waals surface area contributed by atoms with Gasteiger partial charge in [-0.2, -0.15) is 0 Å². The maximum atomic E-state index is 12.2. The van der Waals surface area contributed by atoms with E-state index in [9.17, 15) is 4.79 Å². The van der Waals surface area contributed by atoms with Crippen molar-refractivity contribution in [3.05, 3.63) is 38.8 Å². The lowest BCUT2D eigenvalue weighted by Gasteiger charge is -2.19. The van der Waals surface area contributed by atoms with Gasteiger partial charge >= 0.3 is 0 Å². The van der Waals surface area contributed by atoms with E-state index in [1.54, 1.807) is 12.1 Å². The Balaban J connectivity index is 1.97. The number of nitrogens with one attached hydrogen (secondary N) is 1. The number of benzene rings is 1. The molecule has 0 aliphatic carbocycles. The highest BCUT2D eigenvalue weighted by atomic mass is 35.5. The van der Waals surface area contributed by atoms with Gasteiger partial charge in [0.25, 0.3) is 0 Å². The monoisotopic (exact) mass is 358 g/mol. The second-order valence-electron chi connectivity index (χ2n) is 4.80. The Labute approximate surface area is 143 Å². The fraction of sp³-hybridized carbons (Fsp3) is 0.357. The minimum absolute atomic E-state index is 0.105. The molecule has 1 amide bonds. The molecule has 0 saturated carbocycles. The van der Waals surface area contributed by atoms with Crippen molar-refractivity contribution >= 4 is 46.3 Å². The summed E-state index contributed by atoms with van der Waals surface area (Å²) in [7, 11) is 0. The molecule has 2 aromatic rings. The van der Waals surface area contributed by atoms with Crippen molar-refractivity contribution in [2.24, 2.45) is 0 Å². The summed E-state index contributed by atoms with van der Waals surface area (Å²) < 4.78 is 4.35. The van der Waals surface area contributed by atoms with Gasteiger partial charge in [-0.1, -0.05) is 40.7 Å². The molecule has 0 saturated heterocycles. The van der Waals surface area contributed by atoms with Gasteiger partial charge in [0, 0.05) is 28.8 Å². The van der Waals surface area contributed by atoms with E-state index in [0.29, 0.717) is 28.1 Å². The Morgan fingerprint density at radius 2 is 2.18 bits per heavy atom. The number of hydrogen-bond donors (Lipinski definition) is 1. The van der Waals surface area contributed by atoms with E-state index in [1.165, 1.54) is 0 Å². The molecule has 0 fully saturated rings. The average molecular weight is 359 g/mol. The number of halogens is 2. The molecule has 1 N–H and O–H groups in total. The van der Waals surface area contributed by atoms with Crippen LogP contribution in [0.3, 0.4) is 0 Å². The van der Waals surface area contributed by atoms with Gasteiger partial charge in [-0.05, 0) is 31.2 Å². The fourth-order valence-electron chi connectivity index (χ4n) is 1.90. The smallest absolute Gasteiger partial charge is 0.238 e. The van der Waals surface area contributed by atoms with Crippen molar-refractivity contribution < 1.29 is 4.79 Å². The van der Waals surface area contributed by atoms with Crippen LogP contribution in [0.1, 0.15) is 18.2 Å². The quantitative estimate of drug-likeness (QED) is 0.856. The van der Waals surface area contributed by atoms with Crippen molar-refractivity contribution in [2.75, 3.05) is 18.4 Å². The molecule has 2 rings (SSSR count). The highest BCUT2D eigenvalue weighted by Gasteiger charge is 2.14. The highest BCUT2D eigenvalue weighted by molar-refractivity contribution is 7.10. The van der Waals surface area contributed by atoms with Crippen LogP contribution >= 0.6 is 34.7 Å². The van der Waals surface area contributed by atoms with E-state index >= 15 is 0 Å². The number of anilines is 1. The second kappa shape index (κ2) is 7.87. The van der Waals surface area contributed by atoms with Gasteiger partial charge in [0.15, 0.2) is 0 Å². The lowest BCUT2D eigenvalue weighted by molar-refractivity contribution is -0.117. The van der Waals surface area contributed by atoms with Crippen LogP contribution in [0.2, 0.25) is 9.36 Å². The first-order valence-electron chi connectivity index (χ1n) is 6.74. The van der Waals surface area contributed by atoms with E-state index in [4.69, 9.17) is 23.2 Å². The van der Waals surface area contributed by atoms with Crippen LogP contribution in [0.15, 0.2) is 18.2 Å². The molecular formula is C14H16Cl2N4OS. The molecule has 0 radical (unpaired) electrons. The lowest BCUT2D eigenvalue weighted by Crippen LogP contribution is -2.33. The van der Waals surface area contributed by atoms with Crippen LogP contribution in [-0.2, 0) is 11.3 Å².